The Balaban J connectivity index is 1.72. The highest BCUT2D eigenvalue weighted by Crippen LogP contribution is 2.47. The molecule has 2 aliphatic rings. The van der Waals surface area contributed by atoms with Crippen molar-refractivity contribution in [1.82, 2.24) is 9.80 Å². The molecule has 0 N–H and O–H groups in total. The van der Waals surface area contributed by atoms with Crippen LogP contribution in [0, 0.1) is 5.82 Å². The molecule has 0 aliphatic carbocycles. The van der Waals surface area contributed by atoms with Crippen molar-refractivity contribution in [2.75, 3.05) is 12.8 Å². The summed E-state index contributed by atoms with van der Waals surface area (Å²) in [4.78, 5) is 27.9. The van der Waals surface area contributed by atoms with Gasteiger partial charge >= 0.3 is 0 Å². The monoisotopic (exact) mass is 322 g/mol. The lowest BCUT2D eigenvalue weighted by Crippen LogP contribution is -2.50. The van der Waals surface area contributed by atoms with Crippen LogP contribution in [0.1, 0.15) is 25.3 Å². The van der Waals surface area contributed by atoms with Gasteiger partial charge in [0.05, 0.1) is 4.87 Å². The molecule has 2 saturated heterocycles. The van der Waals surface area contributed by atoms with Crippen molar-refractivity contribution in [2.45, 2.75) is 37.2 Å². The van der Waals surface area contributed by atoms with Gasteiger partial charge in [0.25, 0.3) is 0 Å². The van der Waals surface area contributed by atoms with Crippen molar-refractivity contribution in [3.63, 3.8) is 0 Å². The molecule has 2 aliphatic heterocycles. The normalized spacial score (nSPS) is 27.1. The molecule has 2 atom stereocenters. The SMILES string of the molecule is CN(Cc1cccc(F)c1)C(=O)[C@@H]1CS[C@]2(C)CCC(=O)N12. The Bertz CT molecular complexity index is 624. The predicted octanol–water partition coefficient (Wildman–Crippen LogP) is 2.24. The van der Waals surface area contributed by atoms with E-state index in [-0.39, 0.29) is 22.5 Å². The maximum atomic E-state index is 13.2. The van der Waals surface area contributed by atoms with Gasteiger partial charge in [-0.15, -0.1) is 11.8 Å². The molecular weight excluding hydrogens is 303 g/mol. The highest BCUT2D eigenvalue weighted by Gasteiger charge is 2.53. The quantitative estimate of drug-likeness (QED) is 0.857. The maximum absolute atomic E-state index is 13.2. The van der Waals surface area contributed by atoms with Crippen LogP contribution < -0.4 is 0 Å². The van der Waals surface area contributed by atoms with E-state index in [4.69, 9.17) is 0 Å². The van der Waals surface area contributed by atoms with E-state index in [1.807, 2.05) is 6.92 Å². The largest absolute Gasteiger partial charge is 0.340 e. The molecule has 1 aromatic rings. The number of halogens is 1. The third-order valence-electron chi connectivity index (χ3n) is 4.41. The van der Waals surface area contributed by atoms with Crippen LogP contribution in [0.3, 0.4) is 0 Å². The van der Waals surface area contributed by atoms with Crippen molar-refractivity contribution in [1.29, 1.82) is 0 Å². The van der Waals surface area contributed by atoms with Gasteiger partial charge < -0.3 is 9.80 Å². The predicted molar refractivity (Wildman–Crippen MR) is 83.6 cm³/mol. The average Bonchev–Trinajstić information content (AvgIpc) is 2.95. The molecule has 6 heteroatoms. The molecule has 0 spiro atoms. The van der Waals surface area contributed by atoms with E-state index < -0.39 is 6.04 Å². The fourth-order valence-electron chi connectivity index (χ4n) is 3.24. The number of hydrogen-bond donors (Lipinski definition) is 0. The number of carbonyl (C=O) groups is 2. The summed E-state index contributed by atoms with van der Waals surface area (Å²) < 4.78 is 13.2. The highest BCUT2D eigenvalue weighted by atomic mass is 32.2. The van der Waals surface area contributed by atoms with Gasteiger partial charge in [-0.05, 0) is 31.0 Å². The number of fused-ring (bicyclic) bond motifs is 1. The van der Waals surface area contributed by atoms with Crippen LogP contribution in [-0.2, 0) is 16.1 Å². The molecule has 0 unspecified atom stereocenters. The van der Waals surface area contributed by atoms with Crippen LogP contribution in [0.2, 0.25) is 0 Å². The standard InChI is InChI=1S/C16H19FN2O2S/c1-16-7-6-14(20)19(16)13(10-22-16)15(21)18(2)9-11-4-3-5-12(17)8-11/h3-5,8,13H,6-7,9-10H2,1-2H3/t13-,16+/m0/s1. The fourth-order valence-corrected chi connectivity index (χ4v) is 4.67. The van der Waals surface area contributed by atoms with Crippen molar-refractivity contribution in [2.24, 2.45) is 0 Å². The smallest absolute Gasteiger partial charge is 0.246 e. The number of benzene rings is 1. The molecule has 0 saturated carbocycles. The van der Waals surface area contributed by atoms with E-state index in [1.165, 1.54) is 12.1 Å². The number of likely N-dealkylation sites (N-methyl/N-ethyl adjacent to an activating group) is 1. The molecule has 2 heterocycles. The van der Waals surface area contributed by atoms with Gasteiger partial charge in [0.1, 0.15) is 11.9 Å². The lowest BCUT2D eigenvalue weighted by molar-refractivity contribution is -0.143. The minimum absolute atomic E-state index is 0.0602. The Morgan fingerprint density at radius 3 is 3.05 bits per heavy atom. The van der Waals surface area contributed by atoms with Crippen molar-refractivity contribution >= 4 is 23.6 Å². The summed E-state index contributed by atoms with van der Waals surface area (Å²) in [5.41, 5.74) is 0.747. The van der Waals surface area contributed by atoms with Gasteiger partial charge in [0, 0.05) is 25.8 Å². The zero-order valence-electron chi connectivity index (χ0n) is 12.7. The van der Waals surface area contributed by atoms with Gasteiger partial charge in [-0.1, -0.05) is 12.1 Å². The number of nitrogens with zero attached hydrogens (tertiary/aromatic N) is 2. The molecule has 2 fully saturated rings. The summed E-state index contributed by atoms with van der Waals surface area (Å²) in [5, 5.41) is 0. The van der Waals surface area contributed by atoms with Gasteiger partial charge in [0.15, 0.2) is 0 Å². The van der Waals surface area contributed by atoms with E-state index in [0.717, 1.165) is 12.0 Å². The lowest BCUT2D eigenvalue weighted by Gasteiger charge is -2.32. The topological polar surface area (TPSA) is 40.6 Å². The molecule has 0 aromatic heterocycles. The number of hydrogen-bond acceptors (Lipinski definition) is 3. The maximum Gasteiger partial charge on any atom is 0.246 e. The summed E-state index contributed by atoms with van der Waals surface area (Å²) in [5.74, 6) is 0.312. The van der Waals surface area contributed by atoms with E-state index >= 15 is 0 Å². The Hall–Kier alpha value is -1.56. The second-order valence-electron chi connectivity index (χ2n) is 6.09. The number of rotatable bonds is 3. The van der Waals surface area contributed by atoms with Crippen LogP contribution in [0.25, 0.3) is 0 Å². The van der Waals surface area contributed by atoms with Crippen molar-refractivity contribution in [3.8, 4) is 0 Å². The van der Waals surface area contributed by atoms with Crippen LogP contribution in [0.15, 0.2) is 24.3 Å². The second-order valence-corrected chi connectivity index (χ2v) is 7.59. The summed E-state index contributed by atoms with van der Waals surface area (Å²) in [6.07, 6.45) is 1.31. The second kappa shape index (κ2) is 5.57. The minimum Gasteiger partial charge on any atom is -0.340 e. The number of carbonyl (C=O) groups excluding carboxylic acids is 2. The first-order chi connectivity index (χ1) is 10.4. The Morgan fingerprint density at radius 2 is 2.32 bits per heavy atom. The first-order valence-corrected chi connectivity index (χ1v) is 8.35. The van der Waals surface area contributed by atoms with Crippen molar-refractivity contribution < 1.29 is 14.0 Å². The average molecular weight is 322 g/mol. The zero-order valence-corrected chi connectivity index (χ0v) is 13.5. The first-order valence-electron chi connectivity index (χ1n) is 7.36. The minimum atomic E-state index is -0.399. The fraction of sp³-hybridized carbons (Fsp3) is 0.500. The molecule has 118 valence electrons. The molecule has 1 aromatic carbocycles. The van der Waals surface area contributed by atoms with E-state index in [2.05, 4.69) is 0 Å². The lowest BCUT2D eigenvalue weighted by atomic mass is 10.1. The molecule has 3 rings (SSSR count). The molecule has 22 heavy (non-hydrogen) atoms. The third kappa shape index (κ3) is 2.60. The Kier molecular flexibility index (Phi) is 3.89. The van der Waals surface area contributed by atoms with E-state index in [0.29, 0.717) is 18.7 Å². The van der Waals surface area contributed by atoms with Gasteiger partial charge in [-0.25, -0.2) is 4.39 Å². The van der Waals surface area contributed by atoms with Crippen LogP contribution in [0.4, 0.5) is 4.39 Å². The zero-order chi connectivity index (χ0) is 15.9. The van der Waals surface area contributed by atoms with E-state index in [1.54, 1.807) is 40.7 Å². The van der Waals surface area contributed by atoms with Gasteiger partial charge in [0.2, 0.25) is 11.8 Å². The molecule has 4 nitrogen and oxygen atoms in total. The Morgan fingerprint density at radius 1 is 1.55 bits per heavy atom. The highest BCUT2D eigenvalue weighted by molar-refractivity contribution is 8.01. The molecule has 0 radical (unpaired) electrons. The first kappa shape index (κ1) is 15.3. The van der Waals surface area contributed by atoms with Gasteiger partial charge in [-0.3, -0.25) is 9.59 Å². The summed E-state index contributed by atoms with van der Waals surface area (Å²) >= 11 is 1.68. The summed E-state index contributed by atoms with van der Waals surface area (Å²) in [7, 11) is 1.70. The molecule has 2 amide bonds. The van der Waals surface area contributed by atoms with Crippen LogP contribution in [-0.4, -0.2) is 45.3 Å². The molecular formula is C16H19FN2O2S. The summed E-state index contributed by atoms with van der Waals surface area (Å²) in [6, 6.07) is 5.84. The van der Waals surface area contributed by atoms with E-state index in [9.17, 15) is 14.0 Å². The van der Waals surface area contributed by atoms with Gasteiger partial charge in [-0.2, -0.15) is 0 Å². The third-order valence-corrected chi connectivity index (χ3v) is 5.92. The summed E-state index contributed by atoms with van der Waals surface area (Å²) in [6.45, 7) is 2.37. The van der Waals surface area contributed by atoms with Crippen LogP contribution >= 0.6 is 11.8 Å². The van der Waals surface area contributed by atoms with Crippen molar-refractivity contribution in [3.05, 3.63) is 35.6 Å². The number of amides is 2. The van der Waals surface area contributed by atoms with Crippen LogP contribution in [0.5, 0.6) is 0 Å². The Labute approximate surface area is 133 Å². The molecule has 0 bridgehead atoms. The number of thioether (sulfide) groups is 1.